The van der Waals surface area contributed by atoms with Gasteiger partial charge in [0.05, 0.1) is 12.9 Å². The van der Waals surface area contributed by atoms with Gasteiger partial charge in [0.25, 0.3) is 0 Å². The average Bonchev–Trinajstić information content (AvgIpc) is 3.35. The number of hydrogen-bond acceptors (Lipinski definition) is 3. The molecule has 4 nitrogen and oxygen atoms in total. The number of hydrogen-bond donors (Lipinski definition) is 0. The minimum Gasteiger partial charge on any atom is -0.384 e. The van der Waals surface area contributed by atoms with Crippen LogP contribution in [0.1, 0.15) is 79.1 Å². The fraction of sp³-hybridized carbons (Fsp3) is 0.852. The van der Waals surface area contributed by atoms with Gasteiger partial charge in [-0.2, -0.15) is 0 Å². The van der Waals surface area contributed by atoms with Gasteiger partial charge < -0.3 is 9.30 Å². The smallest absolute Gasteiger partial charge is 0.156 e. The number of carbonyl (C=O) groups excluding carboxylic acids is 1. The van der Waals surface area contributed by atoms with Crippen molar-refractivity contribution in [1.29, 1.82) is 0 Å². The van der Waals surface area contributed by atoms with E-state index >= 15 is 0 Å². The molecule has 4 fully saturated rings. The second-order valence-electron chi connectivity index (χ2n) is 11.6. The van der Waals surface area contributed by atoms with Gasteiger partial charge in [0.1, 0.15) is 0 Å². The van der Waals surface area contributed by atoms with Gasteiger partial charge in [-0.15, -0.1) is 0 Å². The summed E-state index contributed by atoms with van der Waals surface area (Å²) in [4.78, 5) is 17.4. The Bertz CT molecular complexity index is 761. The quantitative estimate of drug-likeness (QED) is 0.577. The third-order valence-electron chi connectivity index (χ3n) is 10.5. The Morgan fingerprint density at radius 1 is 1.06 bits per heavy atom. The third-order valence-corrected chi connectivity index (χ3v) is 10.5. The second-order valence-corrected chi connectivity index (χ2v) is 11.6. The highest BCUT2D eigenvalue weighted by Crippen LogP contribution is 2.67. The molecule has 0 bridgehead atoms. The van der Waals surface area contributed by atoms with E-state index in [1.165, 1.54) is 51.4 Å². The predicted octanol–water partition coefficient (Wildman–Crippen LogP) is 6.01. The first-order chi connectivity index (χ1) is 14.5. The van der Waals surface area contributed by atoms with Crippen molar-refractivity contribution in [2.75, 3.05) is 13.7 Å². The van der Waals surface area contributed by atoms with Crippen molar-refractivity contribution in [3.05, 3.63) is 18.7 Å². The lowest BCUT2D eigenvalue weighted by atomic mass is 9.44. The van der Waals surface area contributed by atoms with Crippen LogP contribution in [0.4, 0.5) is 0 Å². The van der Waals surface area contributed by atoms with Crippen molar-refractivity contribution in [2.45, 2.75) is 85.6 Å². The monoisotopic (exact) mass is 428 g/mol. The van der Waals surface area contributed by atoms with E-state index in [0.717, 1.165) is 42.6 Å². The van der Waals surface area contributed by atoms with Gasteiger partial charge in [0.15, 0.2) is 5.78 Å². The van der Waals surface area contributed by atoms with Crippen LogP contribution >= 0.6 is 0 Å². The number of nitrogens with zero attached hydrogens (tertiary/aromatic N) is 2. The zero-order valence-electron chi connectivity index (χ0n) is 19.2. The van der Waals surface area contributed by atoms with E-state index in [2.05, 4.69) is 18.8 Å². The molecule has 4 heteroatoms. The van der Waals surface area contributed by atoms with E-state index in [4.69, 9.17) is 4.74 Å². The first-order valence-corrected chi connectivity index (χ1v) is 12.4. The van der Waals surface area contributed by atoms with Crippen molar-refractivity contribution in [3.8, 4) is 0 Å². The Balaban J connectivity index is 0.00000231. The van der Waals surface area contributed by atoms with Crippen LogP contribution in [0.25, 0.3) is 0 Å². The lowest BCUT2D eigenvalue weighted by molar-refractivity contribution is -0.138. The lowest BCUT2D eigenvalue weighted by Gasteiger charge is -2.61. The minimum absolute atomic E-state index is 0. The van der Waals surface area contributed by atoms with E-state index in [0.29, 0.717) is 17.7 Å². The molecule has 0 radical (unpaired) electrons. The Morgan fingerprint density at radius 3 is 2.58 bits per heavy atom. The molecule has 0 amide bonds. The first-order valence-electron chi connectivity index (χ1n) is 12.4. The third kappa shape index (κ3) is 3.71. The highest BCUT2D eigenvalue weighted by Gasteiger charge is 2.61. The van der Waals surface area contributed by atoms with Crippen LogP contribution in [0, 0.1) is 46.3 Å². The first kappa shape index (κ1) is 23.0. The molecule has 1 heterocycles. The predicted molar refractivity (Wildman–Crippen MR) is 125 cm³/mol. The Kier molecular flexibility index (Phi) is 6.42. The average molecular weight is 429 g/mol. The topological polar surface area (TPSA) is 44.1 Å². The summed E-state index contributed by atoms with van der Waals surface area (Å²) in [5, 5.41) is 0. The van der Waals surface area contributed by atoms with E-state index in [1.54, 1.807) is 12.5 Å². The number of Topliss-reactive ketones (excluding diaryl/α,β-unsaturated/α-hetero) is 1. The molecule has 1 aromatic heterocycles. The van der Waals surface area contributed by atoms with Crippen molar-refractivity contribution < 1.29 is 9.53 Å². The number of imidazole rings is 1. The zero-order chi connectivity index (χ0) is 20.9. The van der Waals surface area contributed by atoms with E-state index < -0.39 is 0 Å². The summed E-state index contributed by atoms with van der Waals surface area (Å²) >= 11 is 0. The maximum Gasteiger partial charge on any atom is 0.156 e. The molecule has 8 unspecified atom stereocenters. The molecule has 0 saturated heterocycles. The van der Waals surface area contributed by atoms with Crippen LogP contribution in [-0.4, -0.2) is 29.1 Å². The molecule has 31 heavy (non-hydrogen) atoms. The molecule has 174 valence electrons. The number of rotatable bonds is 5. The van der Waals surface area contributed by atoms with Gasteiger partial charge in [0, 0.05) is 32.0 Å². The zero-order valence-corrected chi connectivity index (χ0v) is 19.2. The van der Waals surface area contributed by atoms with Gasteiger partial charge in [-0.1, -0.05) is 21.3 Å². The van der Waals surface area contributed by atoms with Crippen LogP contribution in [0.15, 0.2) is 18.7 Å². The molecular formula is C27H44N2O2. The van der Waals surface area contributed by atoms with Crippen LogP contribution < -0.4 is 0 Å². The highest BCUT2D eigenvalue weighted by atomic mass is 16.5. The standard InChI is InChI=1S/C26H40N2O2.CH4/c1-25-10-8-18(16-30-3)14-19(25)4-5-20-21-6-7-23(26(21,2)11-9-22(20)25)24(29)15-28-13-12-27-17-28;/h12-13,17-23H,4-11,14-16H2,1-3H3;1H4. The summed E-state index contributed by atoms with van der Waals surface area (Å²) in [6.45, 7) is 6.56. The number of aromatic nitrogens is 2. The number of ether oxygens (including phenoxy) is 1. The van der Waals surface area contributed by atoms with Crippen molar-refractivity contribution >= 4 is 5.78 Å². The molecular weight excluding hydrogens is 384 g/mol. The van der Waals surface area contributed by atoms with Gasteiger partial charge in [-0.05, 0) is 98.2 Å². The fourth-order valence-corrected chi connectivity index (χ4v) is 8.93. The highest BCUT2D eigenvalue weighted by molar-refractivity contribution is 5.82. The molecule has 5 rings (SSSR count). The van der Waals surface area contributed by atoms with Crippen LogP contribution in [0.5, 0.6) is 0 Å². The van der Waals surface area contributed by atoms with Crippen LogP contribution in [0.2, 0.25) is 0 Å². The van der Waals surface area contributed by atoms with Gasteiger partial charge in [-0.3, -0.25) is 4.79 Å². The number of ketones is 1. The number of carbonyl (C=O) groups is 1. The largest absolute Gasteiger partial charge is 0.384 e. The SMILES string of the molecule is C.COCC1CCC2(C)C(CCC3C2CCC2(C)C(C(=O)Cn4ccnc4)CCC32)C1. The summed E-state index contributed by atoms with van der Waals surface area (Å²) in [6.07, 6.45) is 17.4. The Hall–Kier alpha value is -1.16. The van der Waals surface area contributed by atoms with E-state index in [1.807, 2.05) is 17.9 Å². The molecule has 1 aromatic rings. The van der Waals surface area contributed by atoms with Gasteiger partial charge in [-0.25, -0.2) is 4.98 Å². The minimum atomic E-state index is 0. The van der Waals surface area contributed by atoms with Crippen molar-refractivity contribution in [1.82, 2.24) is 9.55 Å². The molecule has 0 aliphatic heterocycles. The number of methoxy groups -OCH3 is 1. The van der Waals surface area contributed by atoms with Crippen LogP contribution in [0.3, 0.4) is 0 Å². The lowest BCUT2D eigenvalue weighted by Crippen LogP contribution is -2.54. The van der Waals surface area contributed by atoms with Crippen LogP contribution in [-0.2, 0) is 16.1 Å². The number of fused-ring (bicyclic) bond motifs is 5. The molecule has 8 atom stereocenters. The van der Waals surface area contributed by atoms with Gasteiger partial charge >= 0.3 is 0 Å². The summed E-state index contributed by atoms with van der Waals surface area (Å²) in [7, 11) is 1.86. The normalized spacial score (nSPS) is 44.0. The Labute approximate surface area is 189 Å². The molecule has 0 N–H and O–H groups in total. The van der Waals surface area contributed by atoms with Gasteiger partial charge in [0.2, 0.25) is 0 Å². The maximum absolute atomic E-state index is 13.3. The summed E-state index contributed by atoms with van der Waals surface area (Å²) < 4.78 is 7.46. The summed E-state index contributed by atoms with van der Waals surface area (Å²) in [5.74, 6) is 4.82. The maximum atomic E-state index is 13.3. The molecule has 4 saturated carbocycles. The molecule has 0 spiro atoms. The molecule has 4 aliphatic carbocycles. The van der Waals surface area contributed by atoms with Crippen molar-refractivity contribution in [2.24, 2.45) is 46.3 Å². The molecule has 4 aliphatic rings. The summed E-state index contributed by atoms with van der Waals surface area (Å²) in [6, 6.07) is 0. The summed E-state index contributed by atoms with van der Waals surface area (Å²) in [5.41, 5.74) is 0.739. The van der Waals surface area contributed by atoms with Crippen molar-refractivity contribution in [3.63, 3.8) is 0 Å². The molecule has 0 aromatic carbocycles. The van der Waals surface area contributed by atoms with E-state index in [-0.39, 0.29) is 18.8 Å². The van der Waals surface area contributed by atoms with E-state index in [9.17, 15) is 4.79 Å². The Morgan fingerprint density at radius 2 is 1.84 bits per heavy atom. The fourth-order valence-electron chi connectivity index (χ4n) is 8.93. The second kappa shape index (κ2) is 8.65.